The molecule has 0 radical (unpaired) electrons. The van der Waals surface area contributed by atoms with Crippen molar-refractivity contribution in [3.05, 3.63) is 108 Å². The van der Waals surface area contributed by atoms with Crippen LogP contribution in [0.5, 0.6) is 0 Å². The summed E-state index contributed by atoms with van der Waals surface area (Å²) in [7, 11) is 0. The summed E-state index contributed by atoms with van der Waals surface area (Å²) in [6.45, 7) is 1.17. The molecule has 0 spiro atoms. The van der Waals surface area contributed by atoms with E-state index in [0.717, 1.165) is 16.7 Å². The molecule has 5 atom stereocenters. The van der Waals surface area contributed by atoms with E-state index in [1.54, 1.807) is 0 Å². The Kier molecular flexibility index (Phi) is 6.35. The average molecular weight is 433 g/mol. The van der Waals surface area contributed by atoms with Crippen molar-refractivity contribution >= 4 is 0 Å². The lowest BCUT2D eigenvalue weighted by molar-refractivity contribution is -0.167. The normalized spacial score (nSPS) is 28.4. The first kappa shape index (κ1) is 21.3. The highest BCUT2D eigenvalue weighted by Crippen LogP contribution is 2.53. The Morgan fingerprint density at radius 1 is 0.625 bits per heavy atom. The fraction of sp³-hybridized carbons (Fsp3) is 0.333. The molecule has 1 saturated carbocycles. The Labute approximate surface area is 188 Å². The summed E-state index contributed by atoms with van der Waals surface area (Å²) >= 11 is 0. The SMILES string of the molecule is OC[C@@]12O[C@@H]1[C@H](OCc1ccccc1)[C@@H](OCc1ccccc1)[C@@H]2OCc1ccccc1. The lowest BCUT2D eigenvalue weighted by Gasteiger charge is -2.30. The zero-order chi connectivity index (χ0) is 21.8. The average Bonchev–Trinajstić information content (AvgIpc) is 3.53. The van der Waals surface area contributed by atoms with E-state index in [2.05, 4.69) is 0 Å². The predicted octanol–water partition coefficient (Wildman–Crippen LogP) is 3.89. The van der Waals surface area contributed by atoms with Crippen molar-refractivity contribution in [1.29, 1.82) is 0 Å². The second-order valence-electron chi connectivity index (χ2n) is 8.39. The standard InChI is InChI=1S/C27H28O5/c28-19-27-25(31-18-22-14-8-3-9-15-22)23(29-16-20-10-4-1-5-11-20)24(26(27)32-27)30-17-21-12-6-2-7-13-21/h1-15,23-26,28H,16-19H2/t23-,24-,25+,26-,27+/m1/s1. The predicted molar refractivity (Wildman–Crippen MR) is 120 cm³/mol. The lowest BCUT2D eigenvalue weighted by atomic mass is 10.1. The highest BCUT2D eigenvalue weighted by atomic mass is 16.7. The van der Waals surface area contributed by atoms with Gasteiger partial charge in [-0.05, 0) is 16.7 Å². The number of epoxide rings is 1. The second kappa shape index (κ2) is 9.53. The van der Waals surface area contributed by atoms with Crippen molar-refractivity contribution in [3.63, 3.8) is 0 Å². The maximum atomic E-state index is 10.2. The van der Waals surface area contributed by atoms with Crippen molar-refractivity contribution in [1.82, 2.24) is 0 Å². The van der Waals surface area contributed by atoms with Crippen molar-refractivity contribution < 1.29 is 24.1 Å². The zero-order valence-corrected chi connectivity index (χ0v) is 17.9. The number of fused-ring (bicyclic) bond motifs is 1. The minimum atomic E-state index is -0.780. The van der Waals surface area contributed by atoms with E-state index < -0.39 is 11.7 Å². The van der Waals surface area contributed by atoms with E-state index in [-0.39, 0.29) is 24.9 Å². The molecule has 1 N–H and O–H groups in total. The van der Waals surface area contributed by atoms with Crippen LogP contribution >= 0.6 is 0 Å². The lowest BCUT2D eigenvalue weighted by Crippen LogP contribution is -2.44. The van der Waals surface area contributed by atoms with Gasteiger partial charge in [-0.2, -0.15) is 0 Å². The smallest absolute Gasteiger partial charge is 0.149 e. The number of aliphatic hydroxyl groups excluding tert-OH is 1. The van der Waals surface area contributed by atoms with Gasteiger partial charge in [-0.15, -0.1) is 0 Å². The molecular formula is C27H28O5. The van der Waals surface area contributed by atoms with E-state index in [1.807, 2.05) is 91.0 Å². The van der Waals surface area contributed by atoms with Crippen LogP contribution in [0.4, 0.5) is 0 Å². The third-order valence-electron chi connectivity index (χ3n) is 6.26. The molecule has 5 rings (SSSR count). The van der Waals surface area contributed by atoms with Crippen LogP contribution in [0.25, 0.3) is 0 Å². The van der Waals surface area contributed by atoms with E-state index in [9.17, 15) is 5.11 Å². The fourth-order valence-electron chi connectivity index (χ4n) is 4.51. The van der Waals surface area contributed by atoms with Gasteiger partial charge in [0.25, 0.3) is 0 Å². The first-order chi connectivity index (χ1) is 15.8. The topological polar surface area (TPSA) is 60.5 Å². The molecule has 1 aliphatic heterocycles. The summed E-state index contributed by atoms with van der Waals surface area (Å²) in [5.74, 6) is 0. The van der Waals surface area contributed by atoms with E-state index in [0.29, 0.717) is 19.8 Å². The number of benzene rings is 3. The van der Waals surface area contributed by atoms with Crippen molar-refractivity contribution in [2.45, 2.75) is 49.8 Å². The molecule has 3 aromatic carbocycles. The summed E-state index contributed by atoms with van der Waals surface area (Å²) < 4.78 is 25.0. The van der Waals surface area contributed by atoms with Gasteiger partial charge in [-0.3, -0.25) is 0 Å². The van der Waals surface area contributed by atoms with Gasteiger partial charge < -0.3 is 24.1 Å². The Hall–Kier alpha value is -2.54. The first-order valence-electron chi connectivity index (χ1n) is 11.1. The van der Waals surface area contributed by atoms with Crippen LogP contribution in [0.2, 0.25) is 0 Å². The third-order valence-corrected chi connectivity index (χ3v) is 6.26. The van der Waals surface area contributed by atoms with Crippen molar-refractivity contribution in [3.8, 4) is 0 Å². The molecule has 1 heterocycles. The summed E-state index contributed by atoms with van der Waals surface area (Å²) in [6, 6.07) is 30.1. The van der Waals surface area contributed by atoms with Crippen LogP contribution in [-0.4, -0.2) is 41.7 Å². The number of hydrogen-bond acceptors (Lipinski definition) is 5. The summed E-state index contributed by atoms with van der Waals surface area (Å²) in [4.78, 5) is 0. The molecule has 2 aliphatic rings. The molecule has 3 aromatic rings. The summed E-state index contributed by atoms with van der Waals surface area (Å²) in [5, 5.41) is 10.2. The quantitative estimate of drug-likeness (QED) is 0.493. The van der Waals surface area contributed by atoms with Gasteiger partial charge in [-0.25, -0.2) is 0 Å². The first-order valence-corrected chi connectivity index (χ1v) is 11.1. The maximum Gasteiger partial charge on any atom is 0.149 e. The largest absolute Gasteiger partial charge is 0.393 e. The van der Waals surface area contributed by atoms with Crippen LogP contribution in [0, 0.1) is 0 Å². The van der Waals surface area contributed by atoms with Gasteiger partial charge >= 0.3 is 0 Å². The number of hydrogen-bond donors (Lipinski definition) is 1. The minimum Gasteiger partial charge on any atom is -0.393 e. The van der Waals surface area contributed by atoms with Gasteiger partial charge in [0, 0.05) is 0 Å². The molecule has 0 aromatic heterocycles. The number of ether oxygens (including phenoxy) is 4. The molecular weight excluding hydrogens is 404 g/mol. The summed E-state index contributed by atoms with van der Waals surface area (Å²) in [5.41, 5.74) is 2.44. The molecule has 0 bridgehead atoms. The van der Waals surface area contributed by atoms with Crippen molar-refractivity contribution in [2.24, 2.45) is 0 Å². The molecule has 32 heavy (non-hydrogen) atoms. The van der Waals surface area contributed by atoms with Gasteiger partial charge in [0.05, 0.1) is 26.4 Å². The van der Waals surface area contributed by atoms with Crippen LogP contribution in [0.3, 0.4) is 0 Å². The molecule has 1 aliphatic carbocycles. The van der Waals surface area contributed by atoms with Crippen LogP contribution in [0.15, 0.2) is 91.0 Å². The highest BCUT2D eigenvalue weighted by molar-refractivity contribution is 5.24. The molecule has 166 valence electrons. The summed E-state index contributed by atoms with van der Waals surface area (Å²) in [6.07, 6.45) is -1.36. The van der Waals surface area contributed by atoms with Crippen LogP contribution in [-0.2, 0) is 38.8 Å². The third kappa shape index (κ3) is 4.35. The van der Waals surface area contributed by atoms with Gasteiger partial charge in [0.1, 0.15) is 30.0 Å². The van der Waals surface area contributed by atoms with Crippen LogP contribution < -0.4 is 0 Å². The zero-order valence-electron chi connectivity index (χ0n) is 17.9. The van der Waals surface area contributed by atoms with Crippen LogP contribution in [0.1, 0.15) is 16.7 Å². The molecule has 5 heteroatoms. The fourth-order valence-corrected chi connectivity index (χ4v) is 4.51. The number of rotatable bonds is 10. The monoisotopic (exact) mass is 432 g/mol. The Morgan fingerprint density at radius 2 is 1.06 bits per heavy atom. The van der Waals surface area contributed by atoms with E-state index in [1.165, 1.54) is 0 Å². The van der Waals surface area contributed by atoms with Gasteiger partial charge in [-0.1, -0.05) is 91.0 Å². The maximum absolute atomic E-state index is 10.2. The van der Waals surface area contributed by atoms with E-state index in [4.69, 9.17) is 18.9 Å². The Balaban J connectivity index is 1.34. The molecule has 2 fully saturated rings. The van der Waals surface area contributed by atoms with Gasteiger partial charge in [0.2, 0.25) is 0 Å². The Morgan fingerprint density at radius 3 is 1.53 bits per heavy atom. The van der Waals surface area contributed by atoms with Crippen molar-refractivity contribution in [2.75, 3.05) is 6.61 Å². The van der Waals surface area contributed by atoms with E-state index >= 15 is 0 Å². The molecule has 5 nitrogen and oxygen atoms in total. The highest BCUT2D eigenvalue weighted by Gasteiger charge is 2.75. The van der Waals surface area contributed by atoms with Gasteiger partial charge in [0.15, 0.2) is 0 Å². The molecule has 0 unspecified atom stereocenters. The Bertz CT molecular complexity index is 981. The minimum absolute atomic E-state index is 0.131. The molecule has 0 amide bonds. The molecule has 1 saturated heterocycles. The number of aliphatic hydroxyl groups is 1. The second-order valence-corrected chi connectivity index (χ2v) is 8.39.